The van der Waals surface area contributed by atoms with Crippen LogP contribution in [0.2, 0.25) is 0 Å². The zero-order valence-electron chi connectivity index (χ0n) is 18.6. The largest absolute Gasteiger partial charge is 0.341 e. The van der Waals surface area contributed by atoms with Gasteiger partial charge >= 0.3 is 0 Å². The molecule has 5 rings (SSSR count). The van der Waals surface area contributed by atoms with Gasteiger partial charge in [-0.3, -0.25) is 9.36 Å². The van der Waals surface area contributed by atoms with Crippen molar-refractivity contribution < 1.29 is 0 Å². The number of halogens is 1. The van der Waals surface area contributed by atoms with Crippen molar-refractivity contribution in [2.24, 2.45) is 5.73 Å². The molecule has 1 aliphatic heterocycles. The summed E-state index contributed by atoms with van der Waals surface area (Å²) < 4.78 is 3.45. The van der Waals surface area contributed by atoms with Gasteiger partial charge in [0.15, 0.2) is 0 Å². The highest BCUT2D eigenvalue weighted by Crippen LogP contribution is 2.23. The Morgan fingerprint density at radius 1 is 1.18 bits per heavy atom. The summed E-state index contributed by atoms with van der Waals surface area (Å²) in [5, 5.41) is 6.72. The van der Waals surface area contributed by atoms with E-state index in [0.29, 0.717) is 24.1 Å². The van der Waals surface area contributed by atoms with Crippen LogP contribution in [-0.4, -0.2) is 38.5 Å². The minimum atomic E-state index is -0.159. The molecule has 170 valence electrons. The topological polar surface area (TPSA) is 82.0 Å². The van der Waals surface area contributed by atoms with Crippen molar-refractivity contribution in [3.8, 4) is 11.8 Å². The van der Waals surface area contributed by atoms with Gasteiger partial charge in [0.05, 0.1) is 19.3 Å². The first-order valence-electron chi connectivity index (χ1n) is 11.0. The fourth-order valence-electron chi connectivity index (χ4n) is 4.52. The van der Waals surface area contributed by atoms with Crippen LogP contribution in [0.15, 0.2) is 53.5 Å². The van der Waals surface area contributed by atoms with Gasteiger partial charge in [-0.2, -0.15) is 5.10 Å². The van der Waals surface area contributed by atoms with Crippen molar-refractivity contribution in [2.45, 2.75) is 38.9 Å². The van der Waals surface area contributed by atoms with E-state index in [1.54, 1.807) is 13.1 Å². The van der Waals surface area contributed by atoms with Crippen LogP contribution in [-0.2, 0) is 13.1 Å². The van der Waals surface area contributed by atoms with E-state index in [1.807, 2.05) is 28.8 Å². The van der Waals surface area contributed by atoms with Crippen molar-refractivity contribution in [3.63, 3.8) is 0 Å². The lowest BCUT2D eigenvalue weighted by Gasteiger charge is -2.31. The summed E-state index contributed by atoms with van der Waals surface area (Å²) in [6, 6.07) is 14.4. The molecule has 2 N–H and O–H groups in total. The number of imidazole rings is 1. The highest BCUT2D eigenvalue weighted by Gasteiger charge is 2.24. The van der Waals surface area contributed by atoms with E-state index >= 15 is 0 Å². The van der Waals surface area contributed by atoms with Gasteiger partial charge in [-0.05, 0) is 36.1 Å². The number of rotatable bonds is 4. The number of fused-ring (bicyclic) bond motifs is 2. The smallest absolute Gasteiger partial charge is 0.293 e. The zero-order chi connectivity index (χ0) is 22.1. The fourth-order valence-corrected chi connectivity index (χ4v) is 4.52. The van der Waals surface area contributed by atoms with Gasteiger partial charge < -0.3 is 10.6 Å². The van der Waals surface area contributed by atoms with E-state index < -0.39 is 0 Å². The molecular weight excluding hydrogens is 436 g/mol. The van der Waals surface area contributed by atoms with E-state index in [2.05, 4.69) is 40.0 Å². The molecule has 4 aromatic rings. The fraction of sp³-hybridized carbons (Fsp3) is 0.320. The highest BCUT2D eigenvalue weighted by molar-refractivity contribution is 5.86. The summed E-state index contributed by atoms with van der Waals surface area (Å²) in [6.07, 6.45) is 3.70. The van der Waals surface area contributed by atoms with Crippen molar-refractivity contribution in [1.82, 2.24) is 19.3 Å². The Bertz CT molecular complexity index is 1410. The Labute approximate surface area is 198 Å². The third-order valence-corrected chi connectivity index (χ3v) is 6.09. The molecule has 0 bridgehead atoms. The maximum Gasteiger partial charge on any atom is 0.293 e. The van der Waals surface area contributed by atoms with E-state index in [4.69, 9.17) is 10.7 Å². The standard InChI is InChI=1S/C25H26N6O.ClH/c1-2-3-14-30-23-22(28-25(30)29-13-7-11-20(26)17-29)15-27-31(24(23)32)16-19-10-6-9-18-8-4-5-12-21(18)19;/h4-6,8-10,12,15,20H,7,11,13-14,16-17,26H2,1H3;1H. The number of hydrogen-bond acceptors (Lipinski definition) is 5. The van der Waals surface area contributed by atoms with E-state index in [-0.39, 0.29) is 24.0 Å². The van der Waals surface area contributed by atoms with E-state index in [1.165, 1.54) is 4.68 Å². The Balaban J connectivity index is 0.00000259. The second-order valence-electron chi connectivity index (χ2n) is 8.25. The molecule has 2 aromatic carbocycles. The van der Waals surface area contributed by atoms with E-state index in [9.17, 15) is 4.79 Å². The number of nitrogens with zero attached hydrogens (tertiary/aromatic N) is 5. The summed E-state index contributed by atoms with van der Waals surface area (Å²) in [5.74, 6) is 6.79. The predicted octanol–water partition coefficient (Wildman–Crippen LogP) is 3.17. The summed E-state index contributed by atoms with van der Waals surface area (Å²) >= 11 is 0. The quantitative estimate of drug-likeness (QED) is 0.471. The lowest BCUT2D eigenvalue weighted by atomic mass is 10.0. The number of piperidine rings is 1. The normalized spacial score (nSPS) is 15.8. The van der Waals surface area contributed by atoms with Crippen molar-refractivity contribution in [1.29, 1.82) is 0 Å². The lowest BCUT2D eigenvalue weighted by molar-refractivity contribution is 0.496. The molecule has 7 nitrogen and oxygen atoms in total. The Morgan fingerprint density at radius 2 is 2.00 bits per heavy atom. The third kappa shape index (κ3) is 4.32. The summed E-state index contributed by atoms with van der Waals surface area (Å²) in [5.41, 5.74) is 8.24. The summed E-state index contributed by atoms with van der Waals surface area (Å²) in [7, 11) is 0. The molecule has 0 aliphatic carbocycles. The average molecular weight is 463 g/mol. The molecule has 0 amide bonds. The summed E-state index contributed by atoms with van der Waals surface area (Å²) in [4.78, 5) is 20.5. The molecule has 1 aliphatic rings. The second-order valence-corrected chi connectivity index (χ2v) is 8.25. The molecule has 0 saturated carbocycles. The lowest BCUT2D eigenvalue weighted by Crippen LogP contribution is -2.44. The van der Waals surface area contributed by atoms with Crippen LogP contribution in [0.25, 0.3) is 21.8 Å². The SMILES string of the molecule is CC#CCn1c(N2CCCC(N)C2)nc2cnn(Cc3cccc4ccccc34)c(=O)c21.Cl. The Morgan fingerprint density at radius 3 is 2.82 bits per heavy atom. The van der Waals surface area contributed by atoms with Crippen molar-refractivity contribution >= 4 is 40.2 Å². The molecule has 1 saturated heterocycles. The van der Waals surface area contributed by atoms with Gasteiger partial charge in [0.2, 0.25) is 5.95 Å². The molecule has 2 aromatic heterocycles. The molecule has 33 heavy (non-hydrogen) atoms. The monoisotopic (exact) mass is 462 g/mol. The van der Waals surface area contributed by atoms with Crippen LogP contribution in [0.5, 0.6) is 0 Å². The molecule has 0 radical (unpaired) electrons. The Hall–Kier alpha value is -3.34. The van der Waals surface area contributed by atoms with Gasteiger partial charge in [0.1, 0.15) is 11.0 Å². The molecule has 1 unspecified atom stereocenters. The molecule has 3 heterocycles. The van der Waals surface area contributed by atoms with Crippen LogP contribution in [0.3, 0.4) is 0 Å². The number of hydrogen-bond donors (Lipinski definition) is 1. The number of nitrogens with two attached hydrogens (primary N) is 1. The predicted molar refractivity (Wildman–Crippen MR) is 135 cm³/mol. The Kier molecular flexibility index (Phi) is 6.68. The molecule has 1 atom stereocenters. The number of benzene rings is 2. The zero-order valence-corrected chi connectivity index (χ0v) is 19.4. The summed E-state index contributed by atoms with van der Waals surface area (Å²) in [6.45, 7) is 4.19. The first-order chi connectivity index (χ1) is 15.7. The van der Waals surface area contributed by atoms with Crippen molar-refractivity contribution in [3.05, 3.63) is 64.6 Å². The van der Waals surface area contributed by atoms with Gasteiger partial charge in [-0.15, -0.1) is 18.3 Å². The maximum atomic E-state index is 13.6. The van der Waals surface area contributed by atoms with Crippen LogP contribution < -0.4 is 16.2 Å². The number of anilines is 1. The minimum Gasteiger partial charge on any atom is -0.341 e. The van der Waals surface area contributed by atoms with Gasteiger partial charge in [-0.25, -0.2) is 9.67 Å². The first kappa shape index (κ1) is 22.8. The third-order valence-electron chi connectivity index (χ3n) is 6.09. The van der Waals surface area contributed by atoms with E-state index in [0.717, 1.165) is 48.2 Å². The second kappa shape index (κ2) is 9.65. The molecule has 1 fully saturated rings. The van der Waals surface area contributed by atoms with Gasteiger partial charge in [-0.1, -0.05) is 48.4 Å². The first-order valence-corrected chi connectivity index (χ1v) is 11.0. The molecular formula is C25H27ClN6O. The minimum absolute atomic E-state index is 0. The van der Waals surface area contributed by atoms with Crippen LogP contribution in [0, 0.1) is 11.8 Å². The molecule has 8 heteroatoms. The van der Waals surface area contributed by atoms with Gasteiger partial charge in [0, 0.05) is 19.1 Å². The van der Waals surface area contributed by atoms with Gasteiger partial charge in [0.25, 0.3) is 5.56 Å². The average Bonchev–Trinajstić information content (AvgIpc) is 3.19. The van der Waals surface area contributed by atoms with Crippen LogP contribution in [0.4, 0.5) is 5.95 Å². The van der Waals surface area contributed by atoms with Crippen molar-refractivity contribution in [2.75, 3.05) is 18.0 Å². The number of aromatic nitrogens is 4. The maximum absolute atomic E-state index is 13.6. The van der Waals surface area contributed by atoms with Crippen LogP contribution in [0.1, 0.15) is 25.3 Å². The van der Waals surface area contributed by atoms with Crippen LogP contribution >= 0.6 is 12.4 Å². The molecule has 0 spiro atoms. The highest BCUT2D eigenvalue weighted by atomic mass is 35.5.